The fourth-order valence-corrected chi connectivity index (χ4v) is 20.8. The van der Waals surface area contributed by atoms with Gasteiger partial charge in [0.25, 0.3) is 17.7 Å². The first-order chi connectivity index (χ1) is 68.4. The van der Waals surface area contributed by atoms with Gasteiger partial charge in [-0.05, 0) is 253 Å². The summed E-state index contributed by atoms with van der Waals surface area (Å²) in [5.74, 6) is 3.02. The minimum absolute atomic E-state index is 0.0228. The molecule has 141 heavy (non-hydrogen) atoms. The molecule has 4 aromatic heterocycles. The molecule has 0 radical (unpaired) electrons. The number of hydrogen-bond donors (Lipinski definition) is 6. The van der Waals surface area contributed by atoms with Crippen LogP contribution < -0.4 is 29.6 Å². The minimum Gasteiger partial charge on any atom is -0.486 e. The third-order valence-corrected chi connectivity index (χ3v) is 28.2. The molecule has 23 nitrogen and oxygen atoms in total. The second kappa shape index (κ2) is 46.6. The number of aliphatic hydroxyl groups is 2. The van der Waals surface area contributed by atoms with E-state index in [4.69, 9.17) is 108 Å². The number of ether oxygens (including phenoxy) is 6. The molecule has 20 rings (SSSR count). The Morgan fingerprint density at radius 3 is 1.45 bits per heavy atom. The molecular weight excluding hydrogens is 1900 g/mol. The second-order valence-electron chi connectivity index (χ2n) is 36.1. The molecule has 0 aliphatic carbocycles. The average Bonchev–Trinajstić information content (AvgIpc) is 1.67. The van der Waals surface area contributed by atoms with Crippen molar-refractivity contribution in [2.75, 3.05) is 59.2 Å². The lowest BCUT2D eigenvalue weighted by Crippen LogP contribution is -2.39. The van der Waals surface area contributed by atoms with Gasteiger partial charge in [0.15, 0.2) is 0 Å². The van der Waals surface area contributed by atoms with Crippen LogP contribution in [0.5, 0.6) is 23.0 Å². The van der Waals surface area contributed by atoms with Gasteiger partial charge in [0.1, 0.15) is 53.1 Å². The molecule has 0 saturated carbocycles. The summed E-state index contributed by atoms with van der Waals surface area (Å²) in [5, 5.41) is 46.6. The Labute approximate surface area is 850 Å². The number of aliphatic imine (C=N–C) groups is 2. The van der Waals surface area contributed by atoms with Crippen molar-refractivity contribution in [2.45, 2.75) is 149 Å². The summed E-state index contributed by atoms with van der Waals surface area (Å²) in [6.07, 6.45) is 15.6. The number of aromatic nitrogens is 6. The second-order valence-corrected chi connectivity index (χ2v) is 38.6. The number of benzene rings is 10. The van der Waals surface area contributed by atoms with Gasteiger partial charge in [-0.1, -0.05) is 161 Å². The van der Waals surface area contributed by atoms with E-state index >= 15 is 0 Å². The molecule has 29 heteroatoms. The van der Waals surface area contributed by atoms with Crippen LogP contribution in [0.1, 0.15) is 212 Å². The van der Waals surface area contributed by atoms with Crippen LogP contribution in [-0.2, 0) is 29.1 Å². The van der Waals surface area contributed by atoms with Gasteiger partial charge >= 0.3 is 0 Å². The number of aliphatic hydroxyl groups excluding tert-OH is 2. The maximum Gasteiger partial charge on any atom is 0.253 e. The SMILES string of the molecule is C[C@@H](Oc1ccc2c(c1)C(c1cccc(C(=O)N3CCC(CO)CC3)c1)=NC2)c1c(Cl)cccc1Cl.C[C@@H](Oc1ccc2c(c1)C(c1cccc(C(=O)N3CC[C@H](O)C3)c1)=NC2)c1c(Cl)cccc1Cl.Cc1cncc(Cl)c1[C@@H](C)Oc1ccc2[nH]nc(-c3cccc(C(=O)NC4CCOCC4)c3)c2c1.Cc1cncc(Cl)c1[C@@H](C)Oc1ccc2[nH]nc(/C=C/c3cccc(CNC4CCOCC4)c3)c2c1. The van der Waals surface area contributed by atoms with Crippen molar-refractivity contribution >= 4 is 133 Å². The molecule has 6 N–H and O–H groups in total. The van der Waals surface area contributed by atoms with E-state index in [1.54, 1.807) is 54.0 Å². The van der Waals surface area contributed by atoms with Crippen LogP contribution in [0.3, 0.4) is 0 Å². The van der Waals surface area contributed by atoms with E-state index in [1.165, 1.54) is 5.56 Å². The highest BCUT2D eigenvalue weighted by molar-refractivity contribution is 6.37. The molecule has 5 atom stereocenters. The van der Waals surface area contributed by atoms with E-state index in [0.717, 1.165) is 187 Å². The minimum atomic E-state index is -0.445. The highest BCUT2D eigenvalue weighted by atomic mass is 35.5. The van der Waals surface area contributed by atoms with E-state index < -0.39 is 6.10 Å². The number of amides is 3. The van der Waals surface area contributed by atoms with Gasteiger partial charge in [-0.3, -0.25) is 44.5 Å². The standard InChI is InChI=1S/C29H28Cl2N2O3.C29H31ClN4O2.C27H24Cl2N2O3.C27H27ClN4O3/c1-18(27-25(30)6-3-7-26(27)31)36-23-9-8-22-16-32-28(24(22)15-23)20-4-2-5-21(14-20)29(35)33-12-10-19(17-34)11-13-33;1-19-16-31-18-26(30)29(19)20(2)36-24-7-9-28-25(15-24)27(33-34-28)8-6-21-4-3-5-22(14-21)17-32-23-10-12-35-13-11-23;1-16(25-23(28)6-3-7-24(25)29)34-21-9-8-19-14-30-26(22(19)13-21)17-4-2-5-18(12-17)27(33)31-11-10-20(32)15-31;1-16-14-29-15-23(28)25(16)17(2)35-21-6-7-24-22(13-21)26(32-31-24)18-4-3-5-19(12-18)27(33)30-20-8-10-34-11-9-20/h2-9,14-15,18-19,34H,10-13,16-17H2,1H3;3-9,14-16,18,20,23,32H,10-13,17H2,1-2H3,(H,33,34);2-9,12-13,16,20,32H,10-11,14-15H2,1H3;3-7,12-15,17,20H,8-11H2,1-2H3,(H,30,33)(H,31,32)/b;8-6+;;/t18-;20-;16-,20+;17-/m1111/s1. The Hall–Kier alpha value is -12.3. The van der Waals surface area contributed by atoms with Crippen molar-refractivity contribution in [1.82, 2.24) is 50.8 Å². The predicted octanol–water partition coefficient (Wildman–Crippen LogP) is 24.2. The molecule has 6 aliphatic heterocycles. The van der Waals surface area contributed by atoms with Crippen molar-refractivity contribution in [1.29, 1.82) is 0 Å². The number of rotatable bonds is 25. The summed E-state index contributed by atoms with van der Waals surface area (Å²) < 4.78 is 35.8. The molecular formula is C112H110Cl6N12O11. The van der Waals surface area contributed by atoms with Crippen LogP contribution >= 0.6 is 69.6 Å². The van der Waals surface area contributed by atoms with Gasteiger partial charge in [-0.2, -0.15) is 10.2 Å². The number of aromatic amines is 2. The highest BCUT2D eigenvalue weighted by Crippen LogP contribution is 2.41. The first-order valence-electron chi connectivity index (χ1n) is 47.6. The van der Waals surface area contributed by atoms with Crippen LogP contribution in [0.4, 0.5) is 0 Å². The molecule has 4 saturated heterocycles. The number of hydrogen-bond acceptors (Lipinski definition) is 18. The zero-order chi connectivity index (χ0) is 98.3. The third-order valence-electron chi connectivity index (χ3n) is 26.3. The third kappa shape index (κ3) is 24.5. The van der Waals surface area contributed by atoms with Gasteiger partial charge in [-0.15, -0.1) is 0 Å². The van der Waals surface area contributed by atoms with Gasteiger partial charge < -0.3 is 59.1 Å². The van der Waals surface area contributed by atoms with Crippen LogP contribution in [-0.4, -0.2) is 157 Å². The number of halogens is 6. The van der Waals surface area contributed by atoms with Gasteiger partial charge in [0, 0.05) is 200 Å². The Morgan fingerprint density at radius 1 is 0.468 bits per heavy atom. The first kappa shape index (κ1) is 100. The first-order valence-corrected chi connectivity index (χ1v) is 49.9. The zero-order valence-corrected chi connectivity index (χ0v) is 83.6. The number of carbonyl (C=O) groups excluding carboxylic acids is 3. The van der Waals surface area contributed by atoms with Crippen LogP contribution in [0, 0.1) is 19.8 Å². The molecule has 10 aromatic carbocycles. The van der Waals surface area contributed by atoms with Crippen LogP contribution in [0.2, 0.25) is 30.1 Å². The largest absolute Gasteiger partial charge is 0.486 e. The lowest BCUT2D eigenvalue weighted by molar-refractivity contribution is 0.0649. The molecule has 0 bridgehead atoms. The van der Waals surface area contributed by atoms with E-state index in [0.29, 0.717) is 129 Å². The van der Waals surface area contributed by atoms with Gasteiger partial charge in [0.05, 0.1) is 57.4 Å². The normalized spacial score (nSPS) is 16.3. The highest BCUT2D eigenvalue weighted by Gasteiger charge is 2.31. The molecule has 14 aromatic rings. The zero-order valence-electron chi connectivity index (χ0n) is 79.1. The Bertz CT molecular complexity index is 6890. The van der Waals surface area contributed by atoms with E-state index in [2.05, 4.69) is 71.3 Å². The predicted molar refractivity (Wildman–Crippen MR) is 559 cm³/mol. The Morgan fingerprint density at radius 2 is 0.922 bits per heavy atom. The molecule has 3 amide bonds. The number of piperidine rings is 1. The topological polar surface area (TPSA) is 285 Å². The van der Waals surface area contributed by atoms with Gasteiger partial charge in [0.2, 0.25) is 0 Å². The van der Waals surface area contributed by atoms with Crippen molar-refractivity contribution in [3.63, 3.8) is 0 Å². The average molecular weight is 2010 g/mol. The molecule has 726 valence electrons. The maximum absolute atomic E-state index is 13.2. The maximum atomic E-state index is 13.2. The van der Waals surface area contributed by atoms with E-state index in [1.807, 2.05) is 210 Å². The quantitative estimate of drug-likeness (QED) is 0.0310. The van der Waals surface area contributed by atoms with Gasteiger partial charge in [-0.25, -0.2) is 0 Å². The van der Waals surface area contributed by atoms with E-state index in [9.17, 15) is 24.6 Å². The fraction of sp³-hybridized carbons (Fsp3) is 0.295. The lowest BCUT2D eigenvalue weighted by Gasteiger charge is -2.31. The molecule has 6 aliphatic rings. The van der Waals surface area contributed by atoms with Crippen molar-refractivity contribution in [2.24, 2.45) is 15.9 Å². The molecule has 0 spiro atoms. The number of β-amino-alcohol motifs (C(OH)–C–C–N with tert-alkyl or cyclic N) is 1. The number of fused-ring (bicyclic) bond motifs is 4. The summed E-state index contributed by atoms with van der Waals surface area (Å²) >= 11 is 38.2. The Balaban J connectivity index is 0.000000130. The number of pyridine rings is 2. The number of aryl methyl sites for hydroxylation is 2. The molecule has 4 fully saturated rings. The fourth-order valence-electron chi connectivity index (χ4n) is 18.7. The molecule has 10 heterocycles. The van der Waals surface area contributed by atoms with E-state index in [-0.39, 0.29) is 60.7 Å². The summed E-state index contributed by atoms with van der Waals surface area (Å²) in [5.41, 5.74) is 21.6. The van der Waals surface area contributed by atoms with Crippen LogP contribution in [0.25, 0.3) is 45.2 Å². The van der Waals surface area contributed by atoms with Crippen molar-refractivity contribution in [3.8, 4) is 34.3 Å². The summed E-state index contributed by atoms with van der Waals surface area (Å²) in [4.78, 5) is 60.3. The molecule has 0 unspecified atom stereocenters. The number of nitrogens with one attached hydrogen (secondary N) is 4. The number of carbonyl (C=O) groups is 3. The number of likely N-dealkylation sites (tertiary alicyclic amines) is 2. The Kier molecular flexibility index (Phi) is 33.1. The lowest BCUT2D eigenvalue weighted by atomic mass is 9.96. The summed E-state index contributed by atoms with van der Waals surface area (Å²) in [6, 6.07) is 66.5. The summed E-state index contributed by atoms with van der Waals surface area (Å²) in [7, 11) is 0. The van der Waals surface area contributed by atoms with Crippen molar-refractivity contribution in [3.05, 3.63) is 361 Å². The number of nitrogens with zero attached hydrogens (tertiary/aromatic N) is 8. The monoisotopic (exact) mass is 2010 g/mol. The van der Waals surface area contributed by atoms with Crippen molar-refractivity contribution < 1.29 is 53.0 Å². The number of H-pyrrole nitrogens is 2. The smallest absolute Gasteiger partial charge is 0.253 e. The van der Waals surface area contributed by atoms with Crippen LogP contribution in [0.15, 0.2) is 241 Å². The summed E-state index contributed by atoms with van der Waals surface area (Å²) in [6.45, 7) is 19.3.